The lowest BCUT2D eigenvalue weighted by Gasteiger charge is -2.44. The van der Waals surface area contributed by atoms with Crippen LogP contribution in [0.1, 0.15) is 44.2 Å². The van der Waals surface area contributed by atoms with Crippen LogP contribution in [0, 0.1) is 5.92 Å². The second-order valence-electron chi connectivity index (χ2n) is 5.76. The number of likely N-dealkylation sites (tertiary alicyclic amines) is 1. The minimum Gasteiger partial charge on any atom is -0.307 e. The molecule has 1 aromatic heterocycles. The van der Waals surface area contributed by atoms with Crippen LogP contribution in [0.3, 0.4) is 0 Å². The zero-order valence-electron chi connectivity index (χ0n) is 11.4. The van der Waals surface area contributed by atoms with E-state index < -0.39 is 0 Å². The third kappa shape index (κ3) is 2.87. The van der Waals surface area contributed by atoms with Crippen molar-refractivity contribution >= 4 is 5.82 Å². The molecule has 0 bridgehead atoms. The summed E-state index contributed by atoms with van der Waals surface area (Å²) < 4.78 is 0. The fourth-order valence-electron chi connectivity index (χ4n) is 3.64. The predicted molar refractivity (Wildman–Crippen MR) is 75.2 cm³/mol. The number of nitrogens with zero attached hydrogens (tertiary/aromatic N) is 3. The molecule has 3 N–H and O–H groups in total. The zero-order valence-corrected chi connectivity index (χ0v) is 11.4. The van der Waals surface area contributed by atoms with E-state index in [-0.39, 0.29) is 0 Å². The highest BCUT2D eigenvalue weighted by molar-refractivity contribution is 5.28. The van der Waals surface area contributed by atoms with Crippen LogP contribution in [0.4, 0.5) is 5.82 Å². The fraction of sp³-hybridized carbons (Fsp3) is 0.714. The molecule has 0 aromatic carbocycles. The van der Waals surface area contributed by atoms with Gasteiger partial charge in [0.1, 0.15) is 0 Å². The maximum atomic E-state index is 5.31. The Morgan fingerprint density at radius 1 is 1.16 bits per heavy atom. The highest BCUT2D eigenvalue weighted by Gasteiger charge is 2.33. The summed E-state index contributed by atoms with van der Waals surface area (Å²) in [6.07, 6.45) is 11.9. The highest BCUT2D eigenvalue weighted by Crippen LogP contribution is 2.35. The van der Waals surface area contributed by atoms with Gasteiger partial charge < -0.3 is 5.43 Å². The number of rotatable bonds is 3. The highest BCUT2D eigenvalue weighted by atomic mass is 15.3. The average Bonchev–Trinajstić information content (AvgIpc) is 2.48. The van der Waals surface area contributed by atoms with Crippen molar-refractivity contribution in [2.75, 3.05) is 12.0 Å². The molecule has 0 amide bonds. The molecule has 0 radical (unpaired) electrons. The van der Waals surface area contributed by atoms with Gasteiger partial charge in [0.2, 0.25) is 0 Å². The molecule has 1 saturated carbocycles. The van der Waals surface area contributed by atoms with Crippen molar-refractivity contribution in [2.24, 2.45) is 11.8 Å². The van der Waals surface area contributed by atoms with Gasteiger partial charge in [-0.05, 0) is 38.1 Å². The third-order valence-corrected chi connectivity index (χ3v) is 4.58. The number of nitrogen functional groups attached to an aromatic ring is 1. The van der Waals surface area contributed by atoms with Gasteiger partial charge in [-0.3, -0.25) is 9.88 Å². The number of hydrogen-bond acceptors (Lipinski definition) is 5. The van der Waals surface area contributed by atoms with Gasteiger partial charge in [-0.1, -0.05) is 12.8 Å². The Hall–Kier alpha value is -1.20. The van der Waals surface area contributed by atoms with Gasteiger partial charge in [0.05, 0.1) is 18.1 Å². The van der Waals surface area contributed by atoms with Crippen molar-refractivity contribution in [1.29, 1.82) is 0 Å². The van der Waals surface area contributed by atoms with Crippen molar-refractivity contribution in [2.45, 2.75) is 51.1 Å². The molecule has 1 aromatic rings. The van der Waals surface area contributed by atoms with Crippen molar-refractivity contribution in [3.8, 4) is 0 Å². The van der Waals surface area contributed by atoms with Crippen LogP contribution >= 0.6 is 0 Å². The first-order chi connectivity index (χ1) is 9.36. The summed E-state index contributed by atoms with van der Waals surface area (Å²) in [4.78, 5) is 11.3. The Kier molecular flexibility index (Phi) is 3.94. The van der Waals surface area contributed by atoms with E-state index in [9.17, 15) is 0 Å². The van der Waals surface area contributed by atoms with Gasteiger partial charge in [-0.25, -0.2) is 10.8 Å². The quantitative estimate of drug-likeness (QED) is 0.642. The number of nitrogens with one attached hydrogen (secondary N) is 1. The van der Waals surface area contributed by atoms with Gasteiger partial charge in [-0.2, -0.15) is 0 Å². The summed E-state index contributed by atoms with van der Waals surface area (Å²) in [6, 6.07) is 0.775. The lowest BCUT2D eigenvalue weighted by atomic mass is 9.78. The molecule has 5 nitrogen and oxygen atoms in total. The number of hydrazine groups is 1. The molecule has 1 saturated heterocycles. The SMILES string of the molecule is NNc1cnc(CN2CCCC3CCCCC32)cn1. The molecular weight excluding hydrogens is 238 g/mol. The number of anilines is 1. The normalized spacial score (nSPS) is 27.8. The van der Waals surface area contributed by atoms with E-state index in [1.54, 1.807) is 6.20 Å². The summed E-state index contributed by atoms with van der Waals surface area (Å²) in [5, 5.41) is 0. The Balaban J connectivity index is 1.66. The second-order valence-corrected chi connectivity index (χ2v) is 5.76. The molecule has 104 valence electrons. The largest absolute Gasteiger partial charge is 0.307 e. The zero-order chi connectivity index (χ0) is 13.1. The first-order valence-electron chi connectivity index (χ1n) is 7.38. The molecule has 3 rings (SSSR count). The smallest absolute Gasteiger partial charge is 0.158 e. The predicted octanol–water partition coefficient (Wildman–Crippen LogP) is 1.92. The van der Waals surface area contributed by atoms with E-state index in [4.69, 9.17) is 5.84 Å². The summed E-state index contributed by atoms with van der Waals surface area (Å²) in [5.74, 6) is 6.85. The van der Waals surface area contributed by atoms with Gasteiger partial charge in [-0.15, -0.1) is 0 Å². The lowest BCUT2D eigenvalue weighted by molar-refractivity contribution is 0.0536. The van der Waals surface area contributed by atoms with Crippen LogP contribution in [0.5, 0.6) is 0 Å². The van der Waals surface area contributed by atoms with Crippen LogP contribution < -0.4 is 11.3 Å². The van der Waals surface area contributed by atoms with Crippen molar-refractivity contribution < 1.29 is 0 Å². The van der Waals surface area contributed by atoms with Crippen molar-refractivity contribution in [3.63, 3.8) is 0 Å². The van der Waals surface area contributed by atoms with E-state index in [1.165, 1.54) is 45.1 Å². The Labute approximate surface area is 114 Å². The van der Waals surface area contributed by atoms with Crippen molar-refractivity contribution in [3.05, 3.63) is 18.1 Å². The van der Waals surface area contributed by atoms with Crippen LogP contribution in [0.25, 0.3) is 0 Å². The van der Waals surface area contributed by atoms with Gasteiger partial charge in [0.15, 0.2) is 5.82 Å². The summed E-state index contributed by atoms with van der Waals surface area (Å²) in [5.41, 5.74) is 3.56. The third-order valence-electron chi connectivity index (χ3n) is 4.58. The molecular formula is C14H23N5. The number of hydrogen-bond donors (Lipinski definition) is 2. The molecule has 0 spiro atoms. The van der Waals surface area contributed by atoms with Crippen molar-refractivity contribution in [1.82, 2.24) is 14.9 Å². The van der Waals surface area contributed by atoms with Crippen LogP contribution in [0.2, 0.25) is 0 Å². The number of fused-ring (bicyclic) bond motifs is 1. The minimum atomic E-state index is 0.623. The van der Waals surface area contributed by atoms with Gasteiger partial charge in [0, 0.05) is 12.6 Å². The average molecular weight is 261 g/mol. The molecule has 2 atom stereocenters. The van der Waals surface area contributed by atoms with Crippen LogP contribution in [0.15, 0.2) is 12.4 Å². The molecule has 1 aliphatic carbocycles. The van der Waals surface area contributed by atoms with E-state index >= 15 is 0 Å². The lowest BCUT2D eigenvalue weighted by Crippen LogP contribution is -2.46. The summed E-state index contributed by atoms with van der Waals surface area (Å²) in [6.45, 7) is 2.14. The molecule has 19 heavy (non-hydrogen) atoms. The molecule has 2 aliphatic rings. The Bertz CT molecular complexity index is 403. The molecule has 1 aliphatic heterocycles. The first-order valence-corrected chi connectivity index (χ1v) is 7.38. The van der Waals surface area contributed by atoms with E-state index in [2.05, 4.69) is 20.3 Å². The van der Waals surface area contributed by atoms with Crippen LogP contribution in [-0.2, 0) is 6.54 Å². The molecule has 2 unspecified atom stereocenters. The monoisotopic (exact) mass is 261 g/mol. The first kappa shape index (κ1) is 12.8. The molecule has 2 fully saturated rings. The Morgan fingerprint density at radius 3 is 2.79 bits per heavy atom. The number of aromatic nitrogens is 2. The fourth-order valence-corrected chi connectivity index (χ4v) is 3.64. The summed E-state index contributed by atoms with van der Waals surface area (Å²) >= 11 is 0. The molecule has 5 heteroatoms. The minimum absolute atomic E-state index is 0.623. The topological polar surface area (TPSA) is 67.1 Å². The van der Waals surface area contributed by atoms with Gasteiger partial charge in [0.25, 0.3) is 0 Å². The van der Waals surface area contributed by atoms with E-state index in [0.717, 1.165) is 24.2 Å². The Morgan fingerprint density at radius 2 is 2.00 bits per heavy atom. The van der Waals surface area contributed by atoms with E-state index in [0.29, 0.717) is 5.82 Å². The number of piperidine rings is 1. The number of nitrogens with two attached hydrogens (primary N) is 1. The standard InChI is InChI=1S/C14H23N5/c15-18-14-9-16-12(8-17-14)10-19-7-3-5-11-4-1-2-6-13(11)19/h8-9,11,13H,1-7,10,15H2,(H,17,18). The second kappa shape index (κ2) is 5.84. The maximum absolute atomic E-state index is 5.31. The van der Waals surface area contributed by atoms with E-state index in [1.807, 2.05) is 6.20 Å². The van der Waals surface area contributed by atoms with Gasteiger partial charge >= 0.3 is 0 Å². The molecule has 2 heterocycles. The maximum Gasteiger partial charge on any atom is 0.158 e. The van der Waals surface area contributed by atoms with Crippen LogP contribution in [-0.4, -0.2) is 27.5 Å². The summed E-state index contributed by atoms with van der Waals surface area (Å²) in [7, 11) is 0.